The van der Waals surface area contributed by atoms with E-state index in [0.717, 1.165) is 31.8 Å². The average molecular weight is 239 g/mol. The molecule has 0 fully saturated rings. The second kappa shape index (κ2) is 6.64. The summed E-state index contributed by atoms with van der Waals surface area (Å²) in [6.07, 6.45) is 4.85. The summed E-state index contributed by atoms with van der Waals surface area (Å²) >= 11 is 0. The summed E-state index contributed by atoms with van der Waals surface area (Å²) < 4.78 is 7.69. The highest BCUT2D eigenvalue weighted by Crippen LogP contribution is 2.17. The summed E-state index contributed by atoms with van der Waals surface area (Å²) in [5, 5.41) is 7.59. The lowest BCUT2D eigenvalue weighted by Gasteiger charge is -2.24. The van der Waals surface area contributed by atoms with Gasteiger partial charge in [-0.15, -0.1) is 0 Å². The molecular weight excluding hydrogens is 214 g/mol. The van der Waals surface area contributed by atoms with Crippen LogP contribution >= 0.6 is 0 Å². The average Bonchev–Trinajstić information content (AvgIpc) is 2.73. The van der Waals surface area contributed by atoms with Gasteiger partial charge in [0.15, 0.2) is 5.75 Å². The topological polar surface area (TPSA) is 39.1 Å². The summed E-state index contributed by atoms with van der Waals surface area (Å²) in [4.78, 5) is 0. The van der Waals surface area contributed by atoms with Crippen molar-refractivity contribution < 1.29 is 4.74 Å². The minimum atomic E-state index is 0.142. The molecule has 0 amide bonds. The van der Waals surface area contributed by atoms with Crippen molar-refractivity contribution in [3.8, 4) is 5.75 Å². The van der Waals surface area contributed by atoms with Crippen molar-refractivity contribution in [2.24, 2.45) is 5.41 Å². The Hall–Kier alpha value is -1.03. The van der Waals surface area contributed by atoms with E-state index in [-0.39, 0.29) is 5.41 Å². The lowest BCUT2D eigenvalue weighted by Crippen LogP contribution is -2.34. The highest BCUT2D eigenvalue weighted by Gasteiger charge is 2.18. The zero-order valence-corrected chi connectivity index (χ0v) is 11.5. The molecule has 0 atom stereocenters. The molecule has 0 saturated heterocycles. The van der Waals surface area contributed by atoms with Gasteiger partial charge in [-0.1, -0.05) is 27.7 Å². The molecule has 0 saturated carbocycles. The lowest BCUT2D eigenvalue weighted by molar-refractivity contribution is 0.177. The van der Waals surface area contributed by atoms with E-state index in [0.29, 0.717) is 6.61 Å². The Kier molecular flexibility index (Phi) is 5.48. The number of aromatic nitrogens is 2. The number of ether oxygens (including phenoxy) is 1. The van der Waals surface area contributed by atoms with Crippen molar-refractivity contribution in [3.05, 3.63) is 12.4 Å². The molecule has 0 bridgehead atoms. The highest BCUT2D eigenvalue weighted by molar-refractivity contribution is 5.11. The fourth-order valence-corrected chi connectivity index (χ4v) is 1.56. The summed E-state index contributed by atoms with van der Waals surface area (Å²) in [7, 11) is 0. The van der Waals surface area contributed by atoms with E-state index in [4.69, 9.17) is 4.74 Å². The maximum absolute atomic E-state index is 5.77. The first-order valence-corrected chi connectivity index (χ1v) is 6.43. The first-order chi connectivity index (χ1) is 8.07. The molecule has 17 heavy (non-hydrogen) atoms. The molecule has 98 valence electrons. The Balaban J connectivity index is 2.37. The molecule has 4 heteroatoms. The molecule has 0 aliphatic heterocycles. The fraction of sp³-hybridized carbons (Fsp3) is 0.769. The van der Waals surface area contributed by atoms with Crippen LogP contribution in [0, 0.1) is 5.41 Å². The third-order valence-corrected chi connectivity index (χ3v) is 2.55. The van der Waals surface area contributed by atoms with E-state index in [1.807, 2.05) is 10.9 Å². The van der Waals surface area contributed by atoms with E-state index in [2.05, 4.69) is 38.1 Å². The smallest absolute Gasteiger partial charge is 0.157 e. The van der Waals surface area contributed by atoms with Crippen molar-refractivity contribution in [2.75, 3.05) is 19.7 Å². The van der Waals surface area contributed by atoms with Crippen molar-refractivity contribution >= 4 is 0 Å². The van der Waals surface area contributed by atoms with Gasteiger partial charge in [0.1, 0.15) is 0 Å². The van der Waals surface area contributed by atoms with E-state index < -0.39 is 0 Å². The molecule has 0 aliphatic carbocycles. The van der Waals surface area contributed by atoms with Crippen LogP contribution < -0.4 is 10.1 Å². The Bertz CT molecular complexity index is 320. The van der Waals surface area contributed by atoms with Crippen LogP contribution in [0.5, 0.6) is 5.75 Å². The summed E-state index contributed by atoms with van der Waals surface area (Å²) in [5.41, 5.74) is 0.142. The van der Waals surface area contributed by atoms with Gasteiger partial charge >= 0.3 is 0 Å². The maximum Gasteiger partial charge on any atom is 0.157 e. The molecule has 0 spiro atoms. The lowest BCUT2D eigenvalue weighted by atomic mass is 9.95. The van der Waals surface area contributed by atoms with Gasteiger partial charge in [0.2, 0.25) is 0 Å². The molecule has 1 aromatic rings. The quantitative estimate of drug-likeness (QED) is 0.756. The number of hydrogen-bond donors (Lipinski definition) is 1. The Morgan fingerprint density at radius 2 is 2.18 bits per heavy atom. The Morgan fingerprint density at radius 3 is 2.82 bits per heavy atom. The van der Waals surface area contributed by atoms with Gasteiger partial charge in [0.25, 0.3) is 0 Å². The van der Waals surface area contributed by atoms with Crippen molar-refractivity contribution in [1.29, 1.82) is 0 Å². The molecule has 0 aliphatic rings. The van der Waals surface area contributed by atoms with Gasteiger partial charge in [-0.25, -0.2) is 0 Å². The third-order valence-electron chi connectivity index (χ3n) is 2.55. The SMILES string of the molecule is CCCn1cc(OCC(C)(C)CNCC)cn1. The van der Waals surface area contributed by atoms with Crippen LogP contribution in [-0.2, 0) is 6.54 Å². The zero-order chi connectivity index (χ0) is 12.7. The highest BCUT2D eigenvalue weighted by atomic mass is 16.5. The van der Waals surface area contributed by atoms with Crippen LogP contribution in [0.15, 0.2) is 12.4 Å². The van der Waals surface area contributed by atoms with E-state index >= 15 is 0 Å². The molecular formula is C13H25N3O. The number of rotatable bonds is 8. The largest absolute Gasteiger partial charge is 0.490 e. The van der Waals surface area contributed by atoms with Crippen molar-refractivity contribution in [3.63, 3.8) is 0 Å². The molecule has 1 heterocycles. The van der Waals surface area contributed by atoms with Gasteiger partial charge in [-0.05, 0) is 13.0 Å². The molecule has 4 nitrogen and oxygen atoms in total. The van der Waals surface area contributed by atoms with Gasteiger partial charge in [-0.3, -0.25) is 4.68 Å². The summed E-state index contributed by atoms with van der Waals surface area (Å²) in [6.45, 7) is 12.3. The minimum Gasteiger partial charge on any atom is -0.490 e. The van der Waals surface area contributed by atoms with E-state index in [9.17, 15) is 0 Å². The minimum absolute atomic E-state index is 0.142. The van der Waals surface area contributed by atoms with E-state index in [1.54, 1.807) is 6.20 Å². The van der Waals surface area contributed by atoms with Gasteiger partial charge in [0, 0.05) is 18.5 Å². The van der Waals surface area contributed by atoms with Gasteiger partial charge in [-0.2, -0.15) is 5.10 Å². The predicted molar refractivity (Wildman–Crippen MR) is 70.3 cm³/mol. The molecule has 0 unspecified atom stereocenters. The van der Waals surface area contributed by atoms with Crippen molar-refractivity contribution in [2.45, 2.75) is 40.7 Å². The number of nitrogens with one attached hydrogen (secondary N) is 1. The van der Waals surface area contributed by atoms with Gasteiger partial charge < -0.3 is 10.1 Å². The van der Waals surface area contributed by atoms with Crippen LogP contribution in [0.1, 0.15) is 34.1 Å². The Labute approximate surface area is 104 Å². The molecule has 1 N–H and O–H groups in total. The second-order valence-corrected chi connectivity index (χ2v) is 5.17. The summed E-state index contributed by atoms with van der Waals surface area (Å²) in [5.74, 6) is 0.864. The Morgan fingerprint density at radius 1 is 1.41 bits per heavy atom. The number of aryl methyl sites for hydroxylation is 1. The standard InChI is InChI=1S/C13H25N3O/c1-5-7-16-9-12(8-15-16)17-11-13(3,4)10-14-6-2/h8-9,14H,5-7,10-11H2,1-4H3. The second-order valence-electron chi connectivity index (χ2n) is 5.17. The van der Waals surface area contributed by atoms with Crippen LogP contribution in [0.2, 0.25) is 0 Å². The number of hydrogen-bond acceptors (Lipinski definition) is 3. The van der Waals surface area contributed by atoms with Crippen LogP contribution in [-0.4, -0.2) is 29.5 Å². The molecule has 1 aromatic heterocycles. The van der Waals surface area contributed by atoms with Gasteiger partial charge in [0.05, 0.1) is 19.0 Å². The van der Waals surface area contributed by atoms with Crippen molar-refractivity contribution in [1.82, 2.24) is 15.1 Å². The predicted octanol–water partition coefficient (Wildman–Crippen LogP) is 2.31. The fourth-order valence-electron chi connectivity index (χ4n) is 1.56. The number of nitrogens with zero attached hydrogens (tertiary/aromatic N) is 2. The summed E-state index contributed by atoms with van der Waals surface area (Å²) in [6, 6.07) is 0. The monoisotopic (exact) mass is 239 g/mol. The van der Waals surface area contributed by atoms with Crippen LogP contribution in [0.3, 0.4) is 0 Å². The van der Waals surface area contributed by atoms with E-state index in [1.165, 1.54) is 0 Å². The normalized spacial score (nSPS) is 11.8. The van der Waals surface area contributed by atoms with Crippen LogP contribution in [0.4, 0.5) is 0 Å². The van der Waals surface area contributed by atoms with Crippen LogP contribution in [0.25, 0.3) is 0 Å². The third kappa shape index (κ3) is 5.22. The first-order valence-electron chi connectivity index (χ1n) is 6.43. The maximum atomic E-state index is 5.77. The zero-order valence-electron chi connectivity index (χ0n) is 11.5. The molecule has 1 rings (SSSR count). The first kappa shape index (κ1) is 14.0. The molecule has 0 aromatic carbocycles. The molecule has 0 radical (unpaired) electrons.